The van der Waals surface area contributed by atoms with Crippen LogP contribution in [0.25, 0.3) is 5.95 Å². The molecule has 3 rings (SSSR count). The zero-order valence-corrected chi connectivity index (χ0v) is 15.2. The van der Waals surface area contributed by atoms with Crippen molar-refractivity contribution in [1.82, 2.24) is 19.7 Å². The Hall–Kier alpha value is -3.22. The third kappa shape index (κ3) is 4.05. The molecule has 0 saturated heterocycles. The fourth-order valence-corrected chi connectivity index (χ4v) is 2.56. The molecule has 0 amide bonds. The summed E-state index contributed by atoms with van der Waals surface area (Å²) in [7, 11) is 1.60. The topological polar surface area (TPSA) is 79.1 Å². The minimum absolute atomic E-state index is 0.141. The van der Waals surface area contributed by atoms with Gasteiger partial charge in [-0.2, -0.15) is 9.78 Å². The Morgan fingerprint density at radius 2 is 1.65 bits per heavy atom. The first-order valence-electron chi connectivity index (χ1n) is 8.17. The van der Waals surface area contributed by atoms with Gasteiger partial charge in [-0.3, -0.25) is 4.79 Å². The zero-order valence-electron chi connectivity index (χ0n) is 15.2. The van der Waals surface area contributed by atoms with Crippen LogP contribution in [0.15, 0.2) is 36.4 Å². The Balaban J connectivity index is 1.80. The number of hydrogen-bond donors (Lipinski definition) is 0. The van der Waals surface area contributed by atoms with Crippen molar-refractivity contribution in [2.24, 2.45) is 0 Å². The highest BCUT2D eigenvalue weighted by Gasteiger charge is 2.16. The molecule has 0 aliphatic heterocycles. The van der Waals surface area contributed by atoms with Gasteiger partial charge in [0.1, 0.15) is 5.75 Å². The van der Waals surface area contributed by atoms with Gasteiger partial charge in [0.15, 0.2) is 0 Å². The normalized spacial score (nSPS) is 10.6. The largest absolute Gasteiger partial charge is 0.497 e. The van der Waals surface area contributed by atoms with Gasteiger partial charge in [0.2, 0.25) is 5.88 Å². The van der Waals surface area contributed by atoms with Crippen molar-refractivity contribution in [3.8, 4) is 17.6 Å². The van der Waals surface area contributed by atoms with E-state index in [2.05, 4.69) is 15.1 Å². The first-order chi connectivity index (χ1) is 12.4. The number of ether oxygens (including phenoxy) is 2. The Kier molecular flexibility index (Phi) is 4.97. The van der Waals surface area contributed by atoms with Crippen LogP contribution in [-0.2, 0) is 11.2 Å². The van der Waals surface area contributed by atoms with E-state index in [1.165, 1.54) is 4.68 Å². The van der Waals surface area contributed by atoms with Gasteiger partial charge in [-0.25, -0.2) is 9.97 Å². The molecular weight excluding hydrogens is 332 g/mol. The number of nitrogens with zero attached hydrogens (tertiary/aromatic N) is 4. The van der Waals surface area contributed by atoms with Crippen LogP contribution in [0.5, 0.6) is 11.6 Å². The Morgan fingerprint density at radius 3 is 2.27 bits per heavy atom. The van der Waals surface area contributed by atoms with Gasteiger partial charge in [0.05, 0.1) is 19.2 Å². The summed E-state index contributed by atoms with van der Waals surface area (Å²) in [6.45, 7) is 5.58. The molecule has 0 atom stereocenters. The van der Waals surface area contributed by atoms with Crippen molar-refractivity contribution >= 4 is 5.97 Å². The number of carbonyl (C=O) groups excluding carboxylic acids is 1. The van der Waals surface area contributed by atoms with Gasteiger partial charge in [0, 0.05) is 17.5 Å². The fourth-order valence-electron chi connectivity index (χ4n) is 2.56. The standard InChI is InChI=1S/C19H20N4O3/c1-12-9-13(2)21-19(20-12)23-17(10-14(3)22-23)26-18(24)11-15-5-7-16(25-4)8-6-15/h5-10H,11H2,1-4H3. The van der Waals surface area contributed by atoms with Crippen LogP contribution in [-0.4, -0.2) is 32.8 Å². The van der Waals surface area contributed by atoms with E-state index in [1.54, 1.807) is 25.3 Å². The predicted octanol–water partition coefficient (Wildman–Crippen LogP) is 2.74. The molecule has 2 aromatic heterocycles. The lowest BCUT2D eigenvalue weighted by molar-refractivity contribution is -0.134. The van der Waals surface area contributed by atoms with Crippen LogP contribution in [0, 0.1) is 20.8 Å². The van der Waals surface area contributed by atoms with Crippen LogP contribution in [0.2, 0.25) is 0 Å². The number of rotatable bonds is 5. The van der Waals surface area contributed by atoms with E-state index in [0.29, 0.717) is 17.5 Å². The molecule has 134 valence electrons. The molecule has 26 heavy (non-hydrogen) atoms. The number of aromatic nitrogens is 4. The maximum absolute atomic E-state index is 12.3. The summed E-state index contributed by atoms with van der Waals surface area (Å²) >= 11 is 0. The Bertz CT molecular complexity index is 912. The van der Waals surface area contributed by atoms with Gasteiger partial charge in [0.25, 0.3) is 5.95 Å². The zero-order chi connectivity index (χ0) is 18.7. The molecule has 0 fully saturated rings. The number of benzene rings is 1. The highest BCUT2D eigenvalue weighted by molar-refractivity contribution is 5.75. The fraction of sp³-hybridized carbons (Fsp3) is 0.263. The molecule has 0 radical (unpaired) electrons. The second kappa shape index (κ2) is 7.35. The van der Waals surface area contributed by atoms with E-state index in [0.717, 1.165) is 22.7 Å². The molecule has 0 saturated carbocycles. The third-order valence-corrected chi connectivity index (χ3v) is 3.68. The van der Waals surface area contributed by atoms with Gasteiger partial charge < -0.3 is 9.47 Å². The average molecular weight is 352 g/mol. The lowest BCUT2D eigenvalue weighted by Crippen LogP contribution is -2.15. The SMILES string of the molecule is COc1ccc(CC(=O)Oc2cc(C)nn2-c2nc(C)cc(C)n2)cc1. The molecule has 0 spiro atoms. The number of hydrogen-bond acceptors (Lipinski definition) is 6. The first kappa shape index (κ1) is 17.6. The second-order valence-electron chi connectivity index (χ2n) is 5.99. The summed E-state index contributed by atoms with van der Waals surface area (Å²) in [5, 5.41) is 4.34. The molecule has 0 N–H and O–H groups in total. The smallest absolute Gasteiger partial charge is 0.316 e. The average Bonchev–Trinajstić information content (AvgIpc) is 2.95. The number of methoxy groups -OCH3 is 1. The van der Waals surface area contributed by atoms with Crippen molar-refractivity contribution in [2.45, 2.75) is 27.2 Å². The van der Waals surface area contributed by atoms with Gasteiger partial charge in [-0.15, -0.1) is 0 Å². The minimum atomic E-state index is -0.388. The second-order valence-corrected chi connectivity index (χ2v) is 5.99. The van der Waals surface area contributed by atoms with E-state index in [4.69, 9.17) is 9.47 Å². The van der Waals surface area contributed by atoms with E-state index in [9.17, 15) is 4.79 Å². The van der Waals surface area contributed by atoms with Crippen LogP contribution < -0.4 is 9.47 Å². The van der Waals surface area contributed by atoms with Crippen molar-refractivity contribution in [3.05, 3.63) is 59.0 Å². The molecule has 0 bridgehead atoms. The number of carbonyl (C=O) groups is 1. The van der Waals surface area contributed by atoms with Crippen molar-refractivity contribution in [2.75, 3.05) is 7.11 Å². The summed E-state index contributed by atoms with van der Waals surface area (Å²) in [6.07, 6.45) is 0.141. The lowest BCUT2D eigenvalue weighted by Gasteiger charge is -2.08. The van der Waals surface area contributed by atoms with Gasteiger partial charge in [-0.05, 0) is 44.5 Å². The maximum Gasteiger partial charge on any atom is 0.316 e. The van der Waals surface area contributed by atoms with E-state index < -0.39 is 0 Å². The van der Waals surface area contributed by atoms with Crippen molar-refractivity contribution in [1.29, 1.82) is 0 Å². The number of esters is 1. The summed E-state index contributed by atoms with van der Waals surface area (Å²) in [4.78, 5) is 21.1. The molecule has 1 aromatic carbocycles. The van der Waals surface area contributed by atoms with Crippen molar-refractivity contribution in [3.63, 3.8) is 0 Å². The lowest BCUT2D eigenvalue weighted by atomic mass is 10.1. The maximum atomic E-state index is 12.3. The molecule has 3 aromatic rings. The monoisotopic (exact) mass is 352 g/mol. The highest BCUT2D eigenvalue weighted by Crippen LogP contribution is 2.19. The number of aryl methyl sites for hydroxylation is 3. The first-order valence-corrected chi connectivity index (χ1v) is 8.17. The Morgan fingerprint density at radius 1 is 1.00 bits per heavy atom. The van der Waals surface area contributed by atoms with Crippen molar-refractivity contribution < 1.29 is 14.3 Å². The van der Waals surface area contributed by atoms with Crippen LogP contribution in [0.3, 0.4) is 0 Å². The summed E-state index contributed by atoms with van der Waals surface area (Å²) in [5.74, 6) is 1.03. The third-order valence-electron chi connectivity index (χ3n) is 3.68. The Labute approximate surface area is 151 Å². The van der Waals surface area contributed by atoms with Crippen LogP contribution >= 0.6 is 0 Å². The molecular formula is C19H20N4O3. The molecule has 7 nitrogen and oxygen atoms in total. The van der Waals surface area contributed by atoms with Gasteiger partial charge in [-0.1, -0.05) is 12.1 Å². The van der Waals surface area contributed by atoms with E-state index in [-0.39, 0.29) is 12.4 Å². The van der Waals surface area contributed by atoms with Gasteiger partial charge >= 0.3 is 5.97 Å². The van der Waals surface area contributed by atoms with E-state index in [1.807, 2.05) is 39.0 Å². The van der Waals surface area contributed by atoms with Crippen LogP contribution in [0.4, 0.5) is 0 Å². The molecule has 0 unspecified atom stereocenters. The minimum Gasteiger partial charge on any atom is -0.497 e. The predicted molar refractivity (Wildman–Crippen MR) is 95.7 cm³/mol. The quantitative estimate of drug-likeness (QED) is 0.657. The summed E-state index contributed by atoms with van der Waals surface area (Å²) < 4.78 is 12.1. The highest BCUT2D eigenvalue weighted by atomic mass is 16.5. The molecule has 0 aliphatic rings. The van der Waals surface area contributed by atoms with E-state index >= 15 is 0 Å². The summed E-state index contributed by atoms with van der Waals surface area (Å²) in [6, 6.07) is 10.8. The van der Waals surface area contributed by atoms with Crippen LogP contribution in [0.1, 0.15) is 22.6 Å². The molecule has 0 aliphatic carbocycles. The summed E-state index contributed by atoms with van der Waals surface area (Å²) in [5.41, 5.74) is 3.17. The molecule has 2 heterocycles. The molecule has 7 heteroatoms.